The van der Waals surface area contributed by atoms with Gasteiger partial charge in [0.1, 0.15) is 5.65 Å². The number of hydrogen-bond donors (Lipinski definition) is 1. The van der Waals surface area contributed by atoms with E-state index in [9.17, 15) is 13.2 Å². The maximum absolute atomic E-state index is 13.0. The highest BCUT2D eigenvalue weighted by atomic mass is 19.4. The number of pyridine rings is 1. The van der Waals surface area contributed by atoms with E-state index in [1.54, 1.807) is 0 Å². The van der Waals surface area contributed by atoms with Crippen molar-refractivity contribution in [1.29, 1.82) is 0 Å². The minimum absolute atomic E-state index is 0.0706. The molecule has 2 rings (SSSR count). The van der Waals surface area contributed by atoms with E-state index in [0.717, 1.165) is 6.20 Å². The summed E-state index contributed by atoms with van der Waals surface area (Å²) in [5, 5.41) is 0.332. The lowest BCUT2D eigenvalue weighted by molar-refractivity contribution is -0.147. The first-order valence-electron chi connectivity index (χ1n) is 5.07. The van der Waals surface area contributed by atoms with Crippen LogP contribution in [0.25, 0.3) is 11.0 Å². The van der Waals surface area contributed by atoms with Gasteiger partial charge in [0.15, 0.2) is 6.29 Å². The molecule has 0 fully saturated rings. The van der Waals surface area contributed by atoms with Gasteiger partial charge < -0.3 is 14.5 Å². The summed E-state index contributed by atoms with van der Waals surface area (Å²) < 4.78 is 48.7. The van der Waals surface area contributed by atoms with Crippen molar-refractivity contribution in [3.8, 4) is 0 Å². The summed E-state index contributed by atoms with van der Waals surface area (Å²) in [6, 6.07) is 1.51. The number of nitrogens with zero attached hydrogens (tertiary/aromatic N) is 1. The SMILES string of the molecule is COC(OC)c1c(C(F)(F)F)cnc2[nH]ccc12. The van der Waals surface area contributed by atoms with Gasteiger partial charge in [-0.15, -0.1) is 0 Å². The van der Waals surface area contributed by atoms with Gasteiger partial charge in [0.25, 0.3) is 0 Å². The number of rotatable bonds is 3. The largest absolute Gasteiger partial charge is 0.418 e. The van der Waals surface area contributed by atoms with Crippen LogP contribution in [0.4, 0.5) is 13.2 Å². The lowest BCUT2D eigenvalue weighted by Crippen LogP contribution is -2.15. The number of fused-ring (bicyclic) bond motifs is 1. The van der Waals surface area contributed by atoms with Crippen molar-refractivity contribution >= 4 is 11.0 Å². The van der Waals surface area contributed by atoms with Gasteiger partial charge in [-0.3, -0.25) is 0 Å². The third-order valence-corrected chi connectivity index (χ3v) is 2.60. The molecule has 18 heavy (non-hydrogen) atoms. The van der Waals surface area contributed by atoms with Gasteiger partial charge in [-0.2, -0.15) is 13.2 Å². The standard InChI is InChI=1S/C11H11F3N2O2/c1-17-10(18-2)8-6-3-4-15-9(6)16-5-7(8)11(12,13)14/h3-5,10H,1-2H3,(H,15,16). The second-order valence-electron chi connectivity index (χ2n) is 3.63. The predicted octanol–water partition coefficient (Wildman–Crippen LogP) is 2.87. The van der Waals surface area contributed by atoms with Crippen molar-refractivity contribution in [1.82, 2.24) is 9.97 Å². The third kappa shape index (κ3) is 2.06. The topological polar surface area (TPSA) is 47.1 Å². The van der Waals surface area contributed by atoms with Gasteiger partial charge in [-0.05, 0) is 6.07 Å². The molecule has 2 aromatic rings. The maximum Gasteiger partial charge on any atom is 0.418 e. The fraction of sp³-hybridized carbons (Fsp3) is 0.364. The highest BCUT2D eigenvalue weighted by Crippen LogP contribution is 2.38. The molecule has 0 aliphatic rings. The summed E-state index contributed by atoms with van der Waals surface area (Å²) in [5.74, 6) is 0. The van der Waals surface area contributed by atoms with Crippen LogP contribution in [-0.2, 0) is 15.7 Å². The summed E-state index contributed by atoms with van der Waals surface area (Å²) in [6.45, 7) is 0. The molecule has 0 atom stereocenters. The van der Waals surface area contributed by atoms with Gasteiger partial charge in [-0.25, -0.2) is 4.98 Å². The second kappa shape index (κ2) is 4.58. The van der Waals surface area contributed by atoms with Crippen molar-refractivity contribution in [2.75, 3.05) is 14.2 Å². The molecule has 0 spiro atoms. The van der Waals surface area contributed by atoms with Crippen LogP contribution >= 0.6 is 0 Å². The fourth-order valence-corrected chi connectivity index (χ4v) is 1.84. The van der Waals surface area contributed by atoms with Crippen LogP contribution in [-0.4, -0.2) is 24.2 Å². The molecule has 0 aromatic carbocycles. The van der Waals surface area contributed by atoms with Crippen LogP contribution in [0, 0.1) is 0 Å². The lowest BCUT2D eigenvalue weighted by atomic mass is 10.1. The monoisotopic (exact) mass is 260 g/mol. The molecule has 98 valence electrons. The predicted molar refractivity (Wildman–Crippen MR) is 57.9 cm³/mol. The number of ether oxygens (including phenoxy) is 2. The minimum atomic E-state index is -4.51. The Balaban J connectivity index is 2.73. The Hall–Kier alpha value is -1.60. The average Bonchev–Trinajstić information content (AvgIpc) is 2.77. The average molecular weight is 260 g/mol. The summed E-state index contributed by atoms with van der Waals surface area (Å²) in [6.07, 6.45) is -3.31. The molecule has 0 radical (unpaired) electrons. The molecular formula is C11H11F3N2O2. The first kappa shape index (κ1) is 12.8. The number of alkyl halides is 3. The Morgan fingerprint density at radius 2 is 1.94 bits per heavy atom. The smallest absolute Gasteiger partial charge is 0.352 e. The lowest BCUT2D eigenvalue weighted by Gasteiger charge is -2.19. The molecule has 7 heteroatoms. The molecule has 4 nitrogen and oxygen atoms in total. The Morgan fingerprint density at radius 1 is 1.28 bits per heavy atom. The number of aromatic amines is 1. The number of methoxy groups -OCH3 is 2. The first-order chi connectivity index (χ1) is 8.49. The molecule has 0 unspecified atom stereocenters. The van der Waals surface area contributed by atoms with E-state index >= 15 is 0 Å². The van der Waals surface area contributed by atoms with Crippen LogP contribution in [0.2, 0.25) is 0 Å². The summed E-state index contributed by atoms with van der Waals surface area (Å²) in [4.78, 5) is 6.48. The van der Waals surface area contributed by atoms with Crippen LogP contribution in [0.3, 0.4) is 0 Å². The number of aromatic nitrogens is 2. The van der Waals surface area contributed by atoms with Crippen LogP contribution in [0.5, 0.6) is 0 Å². The Labute approximate surface area is 101 Å². The third-order valence-electron chi connectivity index (χ3n) is 2.60. The van der Waals surface area contributed by atoms with Crippen molar-refractivity contribution < 1.29 is 22.6 Å². The summed E-state index contributed by atoms with van der Waals surface area (Å²) in [5.41, 5.74) is -0.570. The van der Waals surface area contributed by atoms with E-state index in [0.29, 0.717) is 11.0 Å². The molecule has 0 aliphatic heterocycles. The Bertz CT molecular complexity index is 547. The fourth-order valence-electron chi connectivity index (χ4n) is 1.84. The number of hydrogen-bond acceptors (Lipinski definition) is 3. The number of H-pyrrole nitrogens is 1. The zero-order chi connectivity index (χ0) is 13.3. The van der Waals surface area contributed by atoms with Gasteiger partial charge in [0.2, 0.25) is 0 Å². The molecule has 2 aromatic heterocycles. The summed E-state index contributed by atoms with van der Waals surface area (Å²) in [7, 11) is 2.57. The first-order valence-corrected chi connectivity index (χ1v) is 5.07. The van der Waals surface area contributed by atoms with E-state index in [4.69, 9.17) is 9.47 Å². The van der Waals surface area contributed by atoms with Crippen LogP contribution < -0.4 is 0 Å². The highest BCUT2D eigenvalue weighted by molar-refractivity contribution is 5.81. The normalized spacial score (nSPS) is 12.6. The van der Waals surface area contributed by atoms with Crippen molar-refractivity contribution in [3.63, 3.8) is 0 Å². The van der Waals surface area contributed by atoms with E-state index in [1.807, 2.05) is 0 Å². The molecule has 2 heterocycles. The van der Waals surface area contributed by atoms with Gasteiger partial charge in [-0.1, -0.05) is 0 Å². The number of halogens is 3. The van der Waals surface area contributed by atoms with Crippen molar-refractivity contribution in [2.24, 2.45) is 0 Å². The zero-order valence-corrected chi connectivity index (χ0v) is 9.71. The molecule has 0 aliphatic carbocycles. The maximum atomic E-state index is 13.0. The van der Waals surface area contributed by atoms with Crippen molar-refractivity contribution in [3.05, 3.63) is 29.6 Å². The van der Waals surface area contributed by atoms with Gasteiger partial charge in [0.05, 0.1) is 5.56 Å². The molecule has 0 amide bonds. The van der Waals surface area contributed by atoms with Gasteiger partial charge >= 0.3 is 6.18 Å². The zero-order valence-electron chi connectivity index (χ0n) is 9.71. The van der Waals surface area contributed by atoms with Crippen molar-refractivity contribution in [2.45, 2.75) is 12.5 Å². The molecule has 0 bridgehead atoms. The van der Waals surface area contributed by atoms with Gasteiger partial charge in [0, 0.05) is 37.6 Å². The molecule has 1 N–H and O–H groups in total. The number of nitrogens with one attached hydrogen (secondary N) is 1. The van der Waals surface area contributed by atoms with Crippen LogP contribution in [0.15, 0.2) is 18.5 Å². The van der Waals surface area contributed by atoms with Crippen LogP contribution in [0.1, 0.15) is 17.4 Å². The molecular weight excluding hydrogens is 249 g/mol. The molecule has 0 saturated carbocycles. The highest BCUT2D eigenvalue weighted by Gasteiger charge is 2.37. The van der Waals surface area contributed by atoms with E-state index in [2.05, 4.69) is 9.97 Å². The van der Waals surface area contributed by atoms with E-state index in [1.165, 1.54) is 26.5 Å². The minimum Gasteiger partial charge on any atom is -0.352 e. The molecule has 0 saturated heterocycles. The quantitative estimate of drug-likeness (QED) is 0.863. The second-order valence-corrected chi connectivity index (χ2v) is 3.63. The van der Waals surface area contributed by atoms with E-state index in [-0.39, 0.29) is 5.56 Å². The summed E-state index contributed by atoms with van der Waals surface area (Å²) >= 11 is 0. The Kier molecular flexibility index (Phi) is 3.27. The van der Waals surface area contributed by atoms with E-state index < -0.39 is 18.0 Å². The Morgan fingerprint density at radius 3 is 2.50 bits per heavy atom.